The van der Waals surface area contributed by atoms with Crippen LogP contribution in [0, 0.1) is 6.92 Å². The normalized spacial score (nSPS) is 11.7. The highest BCUT2D eigenvalue weighted by molar-refractivity contribution is 9.10. The molecular formula is C22H22BrN3O3. The van der Waals surface area contributed by atoms with E-state index < -0.39 is 6.04 Å². The molecule has 0 aliphatic rings. The molecule has 3 aromatic rings. The van der Waals surface area contributed by atoms with Gasteiger partial charge < -0.3 is 10.1 Å². The number of nitrogens with zero attached hydrogens (tertiary/aromatic N) is 2. The summed E-state index contributed by atoms with van der Waals surface area (Å²) in [6.07, 6.45) is 0.452. The first-order valence-corrected chi connectivity index (χ1v) is 9.95. The van der Waals surface area contributed by atoms with Crippen LogP contribution in [0.15, 0.2) is 63.9 Å². The molecule has 6 nitrogen and oxygen atoms in total. The Balaban J connectivity index is 1.83. The van der Waals surface area contributed by atoms with E-state index in [0.717, 1.165) is 15.8 Å². The van der Waals surface area contributed by atoms with Gasteiger partial charge in [0.25, 0.3) is 5.56 Å². The van der Waals surface area contributed by atoms with Gasteiger partial charge in [-0.3, -0.25) is 9.59 Å². The third-order valence-corrected chi connectivity index (χ3v) is 5.07. The number of aromatic nitrogens is 2. The number of carbonyl (C=O) groups excluding carboxylic acids is 1. The Kier molecular flexibility index (Phi) is 6.49. The van der Waals surface area contributed by atoms with E-state index in [4.69, 9.17) is 4.74 Å². The maximum Gasteiger partial charge on any atom is 0.271 e. The minimum Gasteiger partial charge on any atom is -0.497 e. The van der Waals surface area contributed by atoms with Crippen LogP contribution in [-0.4, -0.2) is 22.8 Å². The van der Waals surface area contributed by atoms with Crippen molar-refractivity contribution >= 4 is 27.5 Å². The highest BCUT2D eigenvalue weighted by Gasteiger charge is 2.20. The van der Waals surface area contributed by atoms with Crippen LogP contribution in [0.25, 0.3) is 0 Å². The topological polar surface area (TPSA) is 73.2 Å². The summed E-state index contributed by atoms with van der Waals surface area (Å²) >= 11 is 3.36. The molecule has 0 fully saturated rings. The molecule has 3 rings (SSSR count). The summed E-state index contributed by atoms with van der Waals surface area (Å²) in [5.74, 6) is 0.457. The number of methoxy groups -OCH3 is 1. The second-order valence-electron chi connectivity index (χ2n) is 6.76. The summed E-state index contributed by atoms with van der Waals surface area (Å²) in [6, 6.07) is 15.8. The average molecular weight is 456 g/mol. The predicted molar refractivity (Wildman–Crippen MR) is 117 cm³/mol. The lowest BCUT2D eigenvalue weighted by atomic mass is 10.1. The number of amides is 1. The van der Waals surface area contributed by atoms with E-state index in [1.165, 1.54) is 4.68 Å². The molecule has 0 radical (unpaired) electrons. The molecule has 1 N–H and O–H groups in total. The molecule has 29 heavy (non-hydrogen) atoms. The number of benzene rings is 2. The largest absolute Gasteiger partial charge is 0.497 e. The molecule has 0 saturated carbocycles. The molecule has 150 valence electrons. The van der Waals surface area contributed by atoms with Gasteiger partial charge in [0.1, 0.15) is 11.8 Å². The number of hydrogen-bond donors (Lipinski definition) is 1. The second-order valence-corrected chi connectivity index (χ2v) is 7.67. The van der Waals surface area contributed by atoms with Crippen molar-refractivity contribution in [3.05, 3.63) is 86.2 Å². The van der Waals surface area contributed by atoms with Gasteiger partial charge in [-0.15, -0.1) is 0 Å². The van der Waals surface area contributed by atoms with E-state index in [1.54, 1.807) is 32.2 Å². The molecule has 7 heteroatoms. The predicted octanol–water partition coefficient (Wildman–Crippen LogP) is 4.11. The summed E-state index contributed by atoms with van der Waals surface area (Å²) < 4.78 is 7.34. The fraction of sp³-hybridized carbons (Fsp3) is 0.227. The molecule has 0 aliphatic carbocycles. The number of rotatable bonds is 6. The summed E-state index contributed by atoms with van der Waals surface area (Å²) in [5, 5.41) is 7.12. The van der Waals surface area contributed by atoms with Crippen LogP contribution in [0.3, 0.4) is 0 Å². The molecule has 1 unspecified atom stereocenters. The van der Waals surface area contributed by atoms with Crippen molar-refractivity contribution in [3.8, 4) is 5.75 Å². The summed E-state index contributed by atoms with van der Waals surface area (Å²) in [6.45, 7) is 3.48. The van der Waals surface area contributed by atoms with Crippen molar-refractivity contribution in [2.45, 2.75) is 26.3 Å². The van der Waals surface area contributed by atoms with Gasteiger partial charge in [-0.2, -0.15) is 5.10 Å². The van der Waals surface area contributed by atoms with Crippen LogP contribution >= 0.6 is 15.9 Å². The monoisotopic (exact) mass is 455 g/mol. The summed E-state index contributed by atoms with van der Waals surface area (Å²) in [7, 11) is 1.61. The van der Waals surface area contributed by atoms with Gasteiger partial charge in [-0.05, 0) is 61.9 Å². The number of carbonyl (C=O) groups is 1. The van der Waals surface area contributed by atoms with E-state index in [-0.39, 0.29) is 11.5 Å². The van der Waals surface area contributed by atoms with Crippen molar-refractivity contribution in [3.63, 3.8) is 0 Å². The minimum atomic E-state index is -0.749. The first kappa shape index (κ1) is 20.8. The van der Waals surface area contributed by atoms with Crippen LogP contribution in [0.4, 0.5) is 5.69 Å². The Morgan fingerprint density at radius 1 is 1.17 bits per heavy atom. The van der Waals surface area contributed by atoms with Gasteiger partial charge in [-0.1, -0.05) is 28.1 Å². The highest BCUT2D eigenvalue weighted by atomic mass is 79.9. The van der Waals surface area contributed by atoms with E-state index in [0.29, 0.717) is 23.4 Å². The van der Waals surface area contributed by atoms with E-state index in [9.17, 15) is 9.59 Å². The quantitative estimate of drug-likeness (QED) is 0.606. The first-order valence-electron chi connectivity index (χ1n) is 9.16. The Labute approximate surface area is 177 Å². The Hall–Kier alpha value is -2.93. The van der Waals surface area contributed by atoms with Gasteiger partial charge in [0, 0.05) is 22.1 Å². The van der Waals surface area contributed by atoms with Crippen LogP contribution in [0.2, 0.25) is 0 Å². The third-order valence-electron chi connectivity index (χ3n) is 4.54. The van der Waals surface area contributed by atoms with Gasteiger partial charge in [0.05, 0.1) is 12.8 Å². The van der Waals surface area contributed by atoms with Crippen LogP contribution in [-0.2, 0) is 11.2 Å². The number of hydrogen-bond acceptors (Lipinski definition) is 4. The zero-order valence-electron chi connectivity index (χ0n) is 16.5. The highest BCUT2D eigenvalue weighted by Crippen LogP contribution is 2.17. The maximum atomic E-state index is 13.0. The van der Waals surface area contributed by atoms with Gasteiger partial charge in [0.15, 0.2) is 0 Å². The zero-order chi connectivity index (χ0) is 21.0. The maximum absolute atomic E-state index is 13.0. The van der Waals surface area contributed by atoms with Crippen molar-refractivity contribution < 1.29 is 9.53 Å². The molecule has 1 heterocycles. The van der Waals surface area contributed by atoms with E-state index >= 15 is 0 Å². The van der Waals surface area contributed by atoms with Crippen molar-refractivity contribution in [2.75, 3.05) is 12.4 Å². The molecule has 1 amide bonds. The molecule has 1 atom stereocenters. The second kappa shape index (κ2) is 9.05. The number of anilines is 1. The average Bonchev–Trinajstić information content (AvgIpc) is 2.72. The fourth-order valence-electron chi connectivity index (χ4n) is 2.95. The molecule has 1 aromatic heterocycles. The molecule has 0 aliphatic heterocycles. The SMILES string of the molecule is COc1ccc(Cc2cc(C)nn(C(C)C(=O)Nc3ccc(Br)cc3)c2=O)cc1. The van der Waals surface area contributed by atoms with Gasteiger partial charge >= 0.3 is 0 Å². The molecule has 0 spiro atoms. The van der Waals surface area contributed by atoms with Crippen molar-refractivity contribution in [1.29, 1.82) is 0 Å². The van der Waals surface area contributed by atoms with Gasteiger partial charge in [-0.25, -0.2) is 4.68 Å². The van der Waals surface area contributed by atoms with Gasteiger partial charge in [0.2, 0.25) is 5.91 Å². The molecular weight excluding hydrogens is 434 g/mol. The smallest absolute Gasteiger partial charge is 0.271 e. The lowest BCUT2D eigenvalue weighted by Gasteiger charge is -2.16. The zero-order valence-corrected chi connectivity index (χ0v) is 18.1. The molecule has 0 bridgehead atoms. The number of nitrogens with one attached hydrogen (secondary N) is 1. The molecule has 2 aromatic carbocycles. The van der Waals surface area contributed by atoms with Crippen LogP contribution in [0.1, 0.15) is 29.8 Å². The first-order chi connectivity index (χ1) is 13.9. The standard InChI is InChI=1S/C22H22BrN3O3/c1-14-12-17(13-16-4-10-20(29-3)11-5-16)22(28)26(25-14)15(2)21(27)24-19-8-6-18(23)7-9-19/h4-12,15H,13H2,1-3H3,(H,24,27). The van der Waals surface area contributed by atoms with Crippen LogP contribution in [0.5, 0.6) is 5.75 Å². The lowest BCUT2D eigenvalue weighted by molar-refractivity contribution is -0.119. The van der Waals surface area contributed by atoms with Crippen LogP contribution < -0.4 is 15.6 Å². The fourth-order valence-corrected chi connectivity index (χ4v) is 3.21. The number of aryl methyl sites for hydroxylation is 1. The number of halogens is 1. The van der Waals surface area contributed by atoms with Crippen molar-refractivity contribution in [2.24, 2.45) is 0 Å². The van der Waals surface area contributed by atoms with E-state index in [1.807, 2.05) is 43.3 Å². The minimum absolute atomic E-state index is 0.273. The summed E-state index contributed by atoms with van der Waals surface area (Å²) in [5.41, 5.74) is 2.63. The Bertz CT molecular complexity index is 1060. The van der Waals surface area contributed by atoms with E-state index in [2.05, 4.69) is 26.3 Å². The lowest BCUT2D eigenvalue weighted by Crippen LogP contribution is -2.35. The van der Waals surface area contributed by atoms with Crippen molar-refractivity contribution in [1.82, 2.24) is 9.78 Å². The Morgan fingerprint density at radius 2 is 1.83 bits per heavy atom. The third kappa shape index (κ3) is 5.12. The Morgan fingerprint density at radius 3 is 2.45 bits per heavy atom. The molecule has 0 saturated heterocycles. The number of ether oxygens (including phenoxy) is 1. The summed E-state index contributed by atoms with van der Waals surface area (Å²) in [4.78, 5) is 25.6.